The Morgan fingerprint density at radius 3 is 2.47 bits per heavy atom. The molecule has 0 saturated heterocycles. The molecule has 1 N–H and O–H groups in total. The maximum atomic E-state index is 14.1. The number of anilines is 1. The third-order valence-electron chi connectivity index (χ3n) is 5.86. The molecule has 168 valence electrons. The number of halogens is 2. The van der Waals surface area contributed by atoms with Crippen LogP contribution in [0.1, 0.15) is 17.5 Å². The second-order valence-electron chi connectivity index (χ2n) is 7.85. The van der Waals surface area contributed by atoms with Gasteiger partial charge in [0.05, 0.1) is 25.4 Å². The average molecular weight is 461 g/mol. The monoisotopic (exact) mass is 460 g/mol. The minimum atomic E-state index is -4.41. The normalized spacial score (nSPS) is 18.6. The molecule has 0 spiro atoms. The summed E-state index contributed by atoms with van der Waals surface area (Å²) in [5, 5.41) is 0. The van der Waals surface area contributed by atoms with Crippen molar-refractivity contribution in [3.05, 3.63) is 76.5 Å². The summed E-state index contributed by atoms with van der Waals surface area (Å²) in [6, 6.07) is 9.19. The zero-order chi connectivity index (χ0) is 23.4. The molecule has 0 bridgehead atoms. The van der Waals surface area contributed by atoms with E-state index in [0.29, 0.717) is 6.42 Å². The van der Waals surface area contributed by atoms with Crippen LogP contribution in [0.2, 0.25) is 0 Å². The number of hydrogen-bond acceptors (Lipinski definition) is 5. The molecule has 9 heteroatoms. The summed E-state index contributed by atoms with van der Waals surface area (Å²) < 4.78 is 59.2. The van der Waals surface area contributed by atoms with Crippen molar-refractivity contribution in [3.8, 4) is 11.1 Å². The fourth-order valence-electron chi connectivity index (χ4n) is 4.51. The standard InChI is InChI=1S/C22H18F2N2.CH4O4S/c1-12-8-16-15-10-13(23)4-6-18(15)26(3)22-17-11-14(24)5-7-19(17)25(2)20(9-12)21(16)22;1-5-6(2,3)4/h4-10H,11H2,1-3H3;1H3,(H,2,3,4). The van der Waals surface area contributed by atoms with Crippen molar-refractivity contribution in [1.82, 2.24) is 0 Å². The SMILES string of the molecule is COS(=O)(=O)[O-].Cc1cc2c3c(c1)[NH+](C)C1=CC=C(F)CC1=C3N(C)c1ccc(F)cc1-2. The highest BCUT2D eigenvalue weighted by atomic mass is 32.3. The third-order valence-corrected chi connectivity index (χ3v) is 6.27. The molecule has 0 fully saturated rings. The van der Waals surface area contributed by atoms with Crippen molar-refractivity contribution in [2.45, 2.75) is 13.3 Å². The average Bonchev–Trinajstić information content (AvgIpc) is 2.73. The van der Waals surface area contributed by atoms with Gasteiger partial charge in [0, 0.05) is 42.4 Å². The lowest BCUT2D eigenvalue weighted by molar-refractivity contribution is -0.764. The van der Waals surface area contributed by atoms with Gasteiger partial charge in [-0.25, -0.2) is 17.2 Å². The zero-order valence-electron chi connectivity index (χ0n) is 18.0. The molecule has 0 radical (unpaired) electrons. The number of allylic oxidation sites excluding steroid dienone is 4. The smallest absolute Gasteiger partial charge is 0.217 e. The minimum Gasteiger partial charge on any atom is -0.726 e. The number of likely N-dealkylation sites (N-methyl/N-ethyl adjacent to an activating group) is 1. The van der Waals surface area contributed by atoms with E-state index in [0.717, 1.165) is 62.6 Å². The van der Waals surface area contributed by atoms with Crippen LogP contribution in [0.25, 0.3) is 16.8 Å². The van der Waals surface area contributed by atoms with E-state index in [1.54, 1.807) is 12.1 Å². The van der Waals surface area contributed by atoms with Crippen molar-refractivity contribution in [3.63, 3.8) is 0 Å². The number of fused-ring (bicyclic) bond motifs is 3. The molecule has 3 aliphatic rings. The lowest BCUT2D eigenvalue weighted by Gasteiger charge is -2.39. The van der Waals surface area contributed by atoms with Gasteiger partial charge in [-0.2, -0.15) is 0 Å². The number of aryl methyl sites for hydroxylation is 1. The summed E-state index contributed by atoms with van der Waals surface area (Å²) in [4.78, 5) is 3.24. The maximum Gasteiger partial charge on any atom is 0.217 e. The maximum absolute atomic E-state index is 14.1. The molecular formula is C23H22F2N2O4S. The number of quaternary nitrogens is 1. The molecule has 2 heterocycles. The van der Waals surface area contributed by atoms with Gasteiger partial charge < -0.3 is 9.45 Å². The largest absolute Gasteiger partial charge is 0.726 e. The Morgan fingerprint density at radius 2 is 1.81 bits per heavy atom. The lowest BCUT2D eigenvalue weighted by atomic mass is 9.82. The van der Waals surface area contributed by atoms with Gasteiger partial charge in [0.15, 0.2) is 0 Å². The third kappa shape index (κ3) is 3.77. The highest BCUT2D eigenvalue weighted by molar-refractivity contribution is 7.80. The summed E-state index contributed by atoms with van der Waals surface area (Å²) in [6.07, 6.45) is 3.75. The Morgan fingerprint density at radius 1 is 1.12 bits per heavy atom. The Hall–Kier alpha value is -2.85. The Balaban J connectivity index is 0.000000363. The quantitative estimate of drug-likeness (QED) is 0.522. The first-order chi connectivity index (χ1) is 15.0. The first kappa shape index (κ1) is 22.3. The van der Waals surface area contributed by atoms with E-state index in [1.165, 1.54) is 6.07 Å². The molecule has 2 aromatic rings. The fraction of sp³-hybridized carbons (Fsp3) is 0.217. The van der Waals surface area contributed by atoms with Crippen LogP contribution >= 0.6 is 0 Å². The molecule has 1 aliphatic carbocycles. The lowest BCUT2D eigenvalue weighted by Crippen LogP contribution is -3.03. The topological polar surface area (TPSA) is 74.1 Å². The summed E-state index contributed by atoms with van der Waals surface area (Å²) in [7, 11) is 0.475. The van der Waals surface area contributed by atoms with E-state index in [4.69, 9.17) is 0 Å². The van der Waals surface area contributed by atoms with Crippen LogP contribution in [-0.4, -0.2) is 34.2 Å². The van der Waals surface area contributed by atoms with Crippen LogP contribution in [0.5, 0.6) is 0 Å². The second kappa shape index (κ2) is 7.93. The van der Waals surface area contributed by atoms with E-state index in [-0.39, 0.29) is 11.6 Å². The molecule has 0 aromatic heterocycles. The Bertz CT molecular complexity index is 1330. The molecular weight excluding hydrogens is 438 g/mol. The van der Waals surface area contributed by atoms with E-state index >= 15 is 0 Å². The molecule has 2 aromatic carbocycles. The first-order valence-electron chi connectivity index (χ1n) is 9.86. The van der Waals surface area contributed by atoms with Gasteiger partial charge in [0.25, 0.3) is 0 Å². The Kier molecular flexibility index (Phi) is 5.54. The van der Waals surface area contributed by atoms with E-state index in [9.17, 15) is 21.8 Å². The van der Waals surface area contributed by atoms with Crippen LogP contribution in [0.3, 0.4) is 0 Å². The summed E-state index contributed by atoms with van der Waals surface area (Å²) in [5.41, 5.74) is 9.41. The molecule has 2 aliphatic heterocycles. The number of hydrogen-bond donors (Lipinski definition) is 1. The molecule has 5 rings (SSSR count). The summed E-state index contributed by atoms with van der Waals surface area (Å²) >= 11 is 0. The highest BCUT2D eigenvalue weighted by Crippen LogP contribution is 2.50. The van der Waals surface area contributed by atoms with Gasteiger partial charge in [-0.05, 0) is 42.3 Å². The fourth-order valence-corrected chi connectivity index (χ4v) is 4.51. The predicted octanol–water partition coefficient (Wildman–Crippen LogP) is 3.36. The van der Waals surface area contributed by atoms with Crippen molar-refractivity contribution < 1.29 is 30.8 Å². The Labute approximate surface area is 185 Å². The van der Waals surface area contributed by atoms with Crippen molar-refractivity contribution in [1.29, 1.82) is 0 Å². The minimum absolute atomic E-state index is 0.125. The zero-order valence-corrected chi connectivity index (χ0v) is 18.8. The number of benzene rings is 2. The van der Waals surface area contributed by atoms with E-state index in [1.807, 2.05) is 19.2 Å². The van der Waals surface area contributed by atoms with Gasteiger partial charge in [0.1, 0.15) is 23.0 Å². The molecule has 0 amide bonds. The van der Waals surface area contributed by atoms with E-state index in [2.05, 4.69) is 35.2 Å². The van der Waals surface area contributed by atoms with Crippen LogP contribution in [0.4, 0.5) is 20.2 Å². The molecule has 6 nitrogen and oxygen atoms in total. The molecule has 1 unspecified atom stereocenters. The van der Waals surface area contributed by atoms with Crippen LogP contribution in [-0.2, 0) is 14.6 Å². The van der Waals surface area contributed by atoms with E-state index < -0.39 is 10.4 Å². The van der Waals surface area contributed by atoms with Crippen LogP contribution in [0, 0.1) is 12.7 Å². The van der Waals surface area contributed by atoms with Crippen LogP contribution in [0.15, 0.2) is 59.6 Å². The van der Waals surface area contributed by atoms with Crippen LogP contribution < -0.4 is 9.80 Å². The second-order valence-corrected chi connectivity index (χ2v) is 9.00. The van der Waals surface area contributed by atoms with Gasteiger partial charge in [-0.1, -0.05) is 6.07 Å². The number of nitrogens with zero attached hydrogens (tertiary/aromatic N) is 1. The molecule has 1 atom stereocenters. The molecule has 0 saturated carbocycles. The molecule has 32 heavy (non-hydrogen) atoms. The van der Waals surface area contributed by atoms with Gasteiger partial charge in [-0.15, -0.1) is 0 Å². The van der Waals surface area contributed by atoms with Gasteiger partial charge in [0.2, 0.25) is 10.4 Å². The highest BCUT2D eigenvalue weighted by Gasteiger charge is 2.40. The first-order valence-corrected chi connectivity index (χ1v) is 11.2. The van der Waals surface area contributed by atoms with Crippen molar-refractivity contribution in [2.24, 2.45) is 0 Å². The van der Waals surface area contributed by atoms with Gasteiger partial charge in [-0.3, -0.25) is 9.08 Å². The summed E-state index contributed by atoms with van der Waals surface area (Å²) in [6.45, 7) is 2.06. The van der Waals surface area contributed by atoms with Crippen molar-refractivity contribution in [2.75, 3.05) is 26.1 Å². The number of nitrogens with one attached hydrogen (secondary N) is 1. The van der Waals surface area contributed by atoms with Crippen molar-refractivity contribution >= 4 is 27.5 Å². The van der Waals surface area contributed by atoms with Gasteiger partial charge >= 0.3 is 0 Å². The number of rotatable bonds is 1. The summed E-state index contributed by atoms with van der Waals surface area (Å²) in [5.74, 6) is -0.369. The predicted molar refractivity (Wildman–Crippen MR) is 117 cm³/mol.